The van der Waals surface area contributed by atoms with Gasteiger partial charge in [0.2, 0.25) is 11.8 Å². The number of fused-ring (bicyclic) bond motifs is 1. The van der Waals surface area contributed by atoms with Gasteiger partial charge >= 0.3 is 0 Å². The number of hydrogen-bond donors (Lipinski definition) is 2. The Labute approximate surface area is 222 Å². The number of carbonyl (C=O) groups is 2. The summed E-state index contributed by atoms with van der Waals surface area (Å²) in [6.07, 6.45) is 5.18. The summed E-state index contributed by atoms with van der Waals surface area (Å²) in [5, 5.41) is 21.6. The second kappa shape index (κ2) is 11.0. The van der Waals surface area contributed by atoms with Crippen LogP contribution in [0.15, 0.2) is 66.7 Å². The summed E-state index contributed by atoms with van der Waals surface area (Å²) in [7, 11) is 0. The summed E-state index contributed by atoms with van der Waals surface area (Å²) in [5.41, 5.74) is 4.66. The van der Waals surface area contributed by atoms with Crippen molar-refractivity contribution in [2.75, 3.05) is 4.90 Å². The third-order valence-electron chi connectivity index (χ3n) is 7.48. The molecule has 1 aliphatic carbocycles. The van der Waals surface area contributed by atoms with Gasteiger partial charge in [-0.2, -0.15) is 0 Å². The van der Waals surface area contributed by atoms with E-state index in [1.165, 1.54) is 6.42 Å². The summed E-state index contributed by atoms with van der Waals surface area (Å²) in [4.78, 5) is 29.8. The smallest absolute Gasteiger partial charge is 0.249 e. The van der Waals surface area contributed by atoms with Crippen LogP contribution in [0, 0.1) is 13.8 Å². The Morgan fingerprint density at radius 1 is 1.00 bits per heavy atom. The minimum Gasteiger partial charge on any atom is -0.508 e. The fraction of sp³-hybridized carbons (Fsp3) is 0.333. The maximum Gasteiger partial charge on any atom is 0.249 e. The molecule has 1 heterocycles. The van der Waals surface area contributed by atoms with Crippen molar-refractivity contribution in [3.63, 3.8) is 0 Å². The third kappa shape index (κ3) is 5.25. The van der Waals surface area contributed by atoms with Crippen LogP contribution in [0.25, 0.3) is 11.0 Å². The van der Waals surface area contributed by atoms with E-state index < -0.39 is 6.04 Å². The predicted molar refractivity (Wildman–Crippen MR) is 147 cm³/mol. The lowest BCUT2D eigenvalue weighted by atomic mass is 9.94. The van der Waals surface area contributed by atoms with Crippen molar-refractivity contribution >= 4 is 28.5 Å². The highest BCUT2D eigenvalue weighted by atomic mass is 16.3. The molecule has 0 radical (unpaired) electrons. The van der Waals surface area contributed by atoms with Gasteiger partial charge in [-0.05, 0) is 73.7 Å². The zero-order valence-corrected chi connectivity index (χ0v) is 21.8. The van der Waals surface area contributed by atoms with E-state index in [1.54, 1.807) is 33.8 Å². The SMILES string of the molecule is Cc1cccc(N(C(=O)Cn2nnc3ccccc32)[C@@H](C(=O)NC2CCCCC2)c2ccc(O)cc2)c1C. The van der Waals surface area contributed by atoms with Crippen molar-refractivity contribution in [3.8, 4) is 5.75 Å². The molecule has 0 aliphatic heterocycles. The van der Waals surface area contributed by atoms with Crippen LogP contribution < -0.4 is 10.2 Å². The van der Waals surface area contributed by atoms with Crippen LogP contribution in [0.5, 0.6) is 5.75 Å². The Morgan fingerprint density at radius 2 is 1.74 bits per heavy atom. The summed E-state index contributed by atoms with van der Waals surface area (Å²) >= 11 is 0. The minimum absolute atomic E-state index is 0.0747. The van der Waals surface area contributed by atoms with E-state index in [4.69, 9.17) is 0 Å². The van der Waals surface area contributed by atoms with Crippen LogP contribution in [-0.4, -0.2) is 38.0 Å². The first-order valence-electron chi connectivity index (χ1n) is 13.2. The third-order valence-corrected chi connectivity index (χ3v) is 7.48. The molecular weight excluding hydrogens is 478 g/mol. The summed E-state index contributed by atoms with van der Waals surface area (Å²) in [5.74, 6) is -0.426. The van der Waals surface area contributed by atoms with Crippen molar-refractivity contribution in [2.45, 2.75) is 64.6 Å². The first kappa shape index (κ1) is 25.4. The molecule has 8 nitrogen and oxygen atoms in total. The van der Waals surface area contributed by atoms with Crippen molar-refractivity contribution in [1.82, 2.24) is 20.3 Å². The molecule has 4 aromatic rings. The average molecular weight is 512 g/mol. The molecule has 1 atom stereocenters. The number of amides is 2. The van der Waals surface area contributed by atoms with E-state index in [0.29, 0.717) is 16.8 Å². The molecule has 196 valence electrons. The standard InChI is InChI=1S/C30H33N5O3/c1-20-9-8-14-26(21(20)2)35(28(37)19-34-27-13-7-6-12-25(27)32-33-34)29(22-15-17-24(36)18-16-22)30(38)31-23-10-4-3-5-11-23/h6-9,12-18,23,29,36H,3-5,10-11,19H2,1-2H3,(H,31,38)/t29-/m1/s1. The van der Waals surface area contributed by atoms with Gasteiger partial charge < -0.3 is 10.4 Å². The normalized spacial score (nSPS) is 14.8. The van der Waals surface area contributed by atoms with E-state index in [0.717, 1.165) is 42.3 Å². The van der Waals surface area contributed by atoms with Gasteiger partial charge in [0.05, 0.1) is 5.52 Å². The highest BCUT2D eigenvalue weighted by Crippen LogP contribution is 2.33. The van der Waals surface area contributed by atoms with Crippen LogP contribution in [0.3, 0.4) is 0 Å². The lowest BCUT2D eigenvalue weighted by Gasteiger charge is -2.34. The van der Waals surface area contributed by atoms with Gasteiger partial charge in [-0.1, -0.05) is 60.9 Å². The number of phenolic OH excluding ortho intramolecular Hbond substituents is 1. The van der Waals surface area contributed by atoms with E-state index in [2.05, 4.69) is 15.6 Å². The highest BCUT2D eigenvalue weighted by molar-refractivity contribution is 6.02. The molecule has 3 aromatic carbocycles. The Bertz CT molecular complexity index is 1440. The molecule has 38 heavy (non-hydrogen) atoms. The van der Waals surface area contributed by atoms with Crippen LogP contribution in [0.2, 0.25) is 0 Å². The van der Waals surface area contributed by atoms with Gasteiger partial charge in [0.1, 0.15) is 23.9 Å². The Morgan fingerprint density at radius 3 is 2.50 bits per heavy atom. The summed E-state index contributed by atoms with van der Waals surface area (Å²) in [6, 6.07) is 18.9. The van der Waals surface area contributed by atoms with Gasteiger partial charge in [0.15, 0.2) is 0 Å². The first-order chi connectivity index (χ1) is 18.4. The Kier molecular flexibility index (Phi) is 7.40. The van der Waals surface area contributed by atoms with Gasteiger partial charge in [-0.3, -0.25) is 14.5 Å². The van der Waals surface area contributed by atoms with Crippen LogP contribution in [0.1, 0.15) is 54.8 Å². The van der Waals surface area contributed by atoms with Gasteiger partial charge in [-0.25, -0.2) is 4.68 Å². The molecule has 2 amide bonds. The van der Waals surface area contributed by atoms with Gasteiger partial charge in [0, 0.05) is 11.7 Å². The molecule has 1 aromatic heterocycles. The molecule has 0 spiro atoms. The molecule has 0 bridgehead atoms. The number of aromatic hydroxyl groups is 1. The zero-order chi connectivity index (χ0) is 26.6. The Balaban J connectivity index is 1.59. The lowest BCUT2D eigenvalue weighted by molar-refractivity contribution is -0.127. The van der Waals surface area contributed by atoms with Crippen molar-refractivity contribution in [1.29, 1.82) is 0 Å². The first-order valence-corrected chi connectivity index (χ1v) is 13.2. The van der Waals surface area contributed by atoms with Gasteiger partial charge in [-0.15, -0.1) is 5.10 Å². The average Bonchev–Trinajstić information content (AvgIpc) is 3.33. The number of rotatable bonds is 7. The number of aromatic nitrogens is 3. The molecule has 0 unspecified atom stereocenters. The molecule has 1 saturated carbocycles. The maximum atomic E-state index is 14.2. The monoisotopic (exact) mass is 511 g/mol. The van der Waals surface area contributed by atoms with E-state index in [9.17, 15) is 14.7 Å². The van der Waals surface area contributed by atoms with Crippen LogP contribution in [0.4, 0.5) is 5.69 Å². The van der Waals surface area contributed by atoms with Crippen molar-refractivity contribution < 1.29 is 14.7 Å². The number of benzene rings is 3. The largest absolute Gasteiger partial charge is 0.508 e. The number of nitrogens with zero attached hydrogens (tertiary/aromatic N) is 4. The Hall–Kier alpha value is -4.20. The molecule has 5 rings (SSSR count). The lowest BCUT2D eigenvalue weighted by Crippen LogP contribution is -2.48. The number of phenols is 1. The van der Waals surface area contributed by atoms with E-state index >= 15 is 0 Å². The minimum atomic E-state index is -0.930. The summed E-state index contributed by atoms with van der Waals surface area (Å²) < 4.78 is 1.57. The van der Waals surface area contributed by atoms with Crippen LogP contribution in [-0.2, 0) is 16.1 Å². The molecule has 1 fully saturated rings. The molecule has 2 N–H and O–H groups in total. The topological polar surface area (TPSA) is 100 Å². The quantitative estimate of drug-likeness (QED) is 0.365. The van der Waals surface area contributed by atoms with E-state index in [-0.39, 0.29) is 30.2 Å². The number of hydrogen-bond acceptors (Lipinski definition) is 5. The fourth-order valence-corrected chi connectivity index (χ4v) is 5.25. The molecule has 0 saturated heterocycles. The highest BCUT2D eigenvalue weighted by Gasteiger charge is 2.35. The number of para-hydroxylation sites is 1. The van der Waals surface area contributed by atoms with Crippen molar-refractivity contribution in [3.05, 3.63) is 83.4 Å². The number of carbonyl (C=O) groups excluding carboxylic acids is 2. The number of nitrogens with one attached hydrogen (secondary N) is 1. The second-order valence-corrected chi connectivity index (χ2v) is 10.1. The molecule has 8 heteroatoms. The molecular formula is C30H33N5O3. The second-order valence-electron chi connectivity index (χ2n) is 10.1. The fourth-order valence-electron chi connectivity index (χ4n) is 5.25. The predicted octanol–water partition coefficient (Wildman–Crippen LogP) is 4.98. The summed E-state index contributed by atoms with van der Waals surface area (Å²) in [6.45, 7) is 3.87. The van der Waals surface area contributed by atoms with Crippen molar-refractivity contribution in [2.24, 2.45) is 0 Å². The van der Waals surface area contributed by atoms with Gasteiger partial charge in [0.25, 0.3) is 0 Å². The molecule has 1 aliphatic rings. The zero-order valence-electron chi connectivity index (χ0n) is 21.8. The number of aryl methyl sites for hydroxylation is 1. The van der Waals surface area contributed by atoms with E-state index in [1.807, 2.05) is 56.3 Å². The maximum absolute atomic E-state index is 14.2. The number of anilines is 1. The van der Waals surface area contributed by atoms with Crippen LogP contribution >= 0.6 is 0 Å².